The molecule has 2 aromatic carbocycles. The van der Waals surface area contributed by atoms with Gasteiger partial charge >= 0.3 is 12.1 Å². The average molecular weight is 369 g/mol. The third-order valence-electron chi connectivity index (χ3n) is 3.59. The van der Waals surface area contributed by atoms with E-state index >= 15 is 0 Å². The molecule has 0 heterocycles. The number of carbonyl (C=O) groups excluding carboxylic acids is 2. The van der Waals surface area contributed by atoms with Crippen LogP contribution in [0.4, 0.5) is 15.3 Å². The Bertz CT molecular complexity index is 727. The highest BCUT2D eigenvalue weighted by Crippen LogP contribution is 2.09. The van der Waals surface area contributed by atoms with Crippen molar-refractivity contribution in [3.8, 4) is 0 Å². The summed E-state index contributed by atoms with van der Waals surface area (Å²) in [4.78, 5) is 24.3. The van der Waals surface area contributed by atoms with Crippen molar-refractivity contribution in [3.63, 3.8) is 0 Å². The fourth-order valence-corrected chi connectivity index (χ4v) is 2.46. The predicted octanol–water partition coefficient (Wildman–Crippen LogP) is 3.94. The second-order valence-electron chi connectivity index (χ2n) is 7.23. The van der Waals surface area contributed by atoms with Gasteiger partial charge in [-0.15, -0.1) is 0 Å². The largest absolute Gasteiger partial charge is 0.444 e. The molecule has 0 aliphatic heterocycles. The van der Waals surface area contributed by atoms with Crippen molar-refractivity contribution in [2.45, 2.75) is 38.8 Å². The van der Waals surface area contributed by atoms with Gasteiger partial charge in [0.15, 0.2) is 0 Å². The molecule has 6 nitrogen and oxygen atoms in total. The number of benzene rings is 2. The number of carbonyl (C=O) groups is 2. The molecule has 0 radical (unpaired) electrons. The molecule has 3 N–H and O–H groups in total. The van der Waals surface area contributed by atoms with Crippen molar-refractivity contribution in [1.82, 2.24) is 10.6 Å². The van der Waals surface area contributed by atoms with E-state index < -0.39 is 11.7 Å². The maximum atomic E-state index is 12.1. The molecule has 1 unspecified atom stereocenters. The number of alkyl carbamates (subject to hydrolysis) is 1. The first-order chi connectivity index (χ1) is 12.8. The standard InChI is InChI=1S/C21H27N3O3/c1-21(2,3)27-20(26)24-18(14-16-10-6-4-7-11-16)15-22-19(25)23-17-12-8-5-9-13-17/h4-13,18H,14-15H2,1-3H3,(H,24,26)(H2,22,23,25). The highest BCUT2D eigenvalue weighted by atomic mass is 16.6. The average Bonchev–Trinajstić information content (AvgIpc) is 2.60. The van der Waals surface area contributed by atoms with Gasteiger partial charge in [0.25, 0.3) is 0 Å². The Morgan fingerprint density at radius 1 is 0.963 bits per heavy atom. The molecule has 27 heavy (non-hydrogen) atoms. The van der Waals surface area contributed by atoms with E-state index in [2.05, 4.69) is 16.0 Å². The van der Waals surface area contributed by atoms with Gasteiger partial charge in [-0.1, -0.05) is 48.5 Å². The van der Waals surface area contributed by atoms with E-state index in [1.54, 1.807) is 12.1 Å². The van der Waals surface area contributed by atoms with Gasteiger partial charge < -0.3 is 20.7 Å². The number of ether oxygens (including phenoxy) is 1. The minimum absolute atomic E-state index is 0.271. The van der Waals surface area contributed by atoms with Gasteiger partial charge in [0.2, 0.25) is 0 Å². The Labute approximate surface area is 160 Å². The molecule has 1 atom stereocenters. The van der Waals surface area contributed by atoms with Crippen LogP contribution in [0.25, 0.3) is 0 Å². The molecule has 0 saturated heterocycles. The van der Waals surface area contributed by atoms with E-state index in [1.807, 2.05) is 69.3 Å². The fourth-order valence-electron chi connectivity index (χ4n) is 2.46. The molecular weight excluding hydrogens is 342 g/mol. The monoisotopic (exact) mass is 369 g/mol. The Morgan fingerprint density at radius 3 is 2.15 bits per heavy atom. The first kappa shape index (κ1) is 20.3. The number of hydrogen-bond donors (Lipinski definition) is 3. The summed E-state index contributed by atoms with van der Waals surface area (Å²) in [6, 6.07) is 18.3. The van der Waals surface area contributed by atoms with Crippen LogP contribution in [0.1, 0.15) is 26.3 Å². The zero-order chi connectivity index (χ0) is 19.7. The summed E-state index contributed by atoms with van der Waals surface area (Å²) >= 11 is 0. The van der Waals surface area contributed by atoms with Crippen molar-refractivity contribution >= 4 is 17.8 Å². The maximum absolute atomic E-state index is 12.1. The van der Waals surface area contributed by atoms with Gasteiger partial charge in [0.1, 0.15) is 5.60 Å². The van der Waals surface area contributed by atoms with Crippen molar-refractivity contribution in [2.75, 3.05) is 11.9 Å². The highest BCUT2D eigenvalue weighted by molar-refractivity contribution is 5.89. The summed E-state index contributed by atoms with van der Waals surface area (Å²) in [7, 11) is 0. The van der Waals surface area contributed by atoms with Crippen LogP contribution in [0.15, 0.2) is 60.7 Å². The lowest BCUT2D eigenvalue weighted by atomic mass is 10.1. The minimum Gasteiger partial charge on any atom is -0.444 e. The summed E-state index contributed by atoms with van der Waals surface area (Å²) in [6.45, 7) is 5.70. The van der Waals surface area contributed by atoms with Crippen molar-refractivity contribution in [3.05, 3.63) is 66.2 Å². The predicted molar refractivity (Wildman–Crippen MR) is 107 cm³/mol. The van der Waals surface area contributed by atoms with Gasteiger partial charge in [-0.05, 0) is 44.9 Å². The first-order valence-electron chi connectivity index (χ1n) is 8.95. The number of rotatable bonds is 6. The smallest absolute Gasteiger partial charge is 0.407 e. The van der Waals surface area contributed by atoms with E-state index in [1.165, 1.54) is 0 Å². The van der Waals surface area contributed by atoms with Crippen molar-refractivity contribution in [1.29, 1.82) is 0 Å². The third kappa shape index (κ3) is 8.27. The molecule has 0 aromatic heterocycles. The highest BCUT2D eigenvalue weighted by Gasteiger charge is 2.20. The van der Waals surface area contributed by atoms with Crippen LogP contribution in [-0.2, 0) is 11.2 Å². The zero-order valence-corrected chi connectivity index (χ0v) is 16.0. The molecular formula is C21H27N3O3. The van der Waals surface area contributed by atoms with Gasteiger partial charge in [-0.2, -0.15) is 0 Å². The SMILES string of the molecule is CC(C)(C)OC(=O)NC(CNC(=O)Nc1ccccc1)Cc1ccccc1. The normalized spacial score (nSPS) is 12.0. The lowest BCUT2D eigenvalue weighted by molar-refractivity contribution is 0.0504. The summed E-state index contributed by atoms with van der Waals surface area (Å²) in [5, 5.41) is 8.40. The van der Waals surface area contributed by atoms with Crippen LogP contribution >= 0.6 is 0 Å². The number of nitrogens with one attached hydrogen (secondary N) is 3. The Balaban J connectivity index is 1.94. The van der Waals surface area contributed by atoms with Crippen LogP contribution < -0.4 is 16.0 Å². The number of urea groups is 1. The molecule has 0 fully saturated rings. The molecule has 0 bridgehead atoms. The van der Waals surface area contributed by atoms with Gasteiger partial charge in [-0.25, -0.2) is 9.59 Å². The summed E-state index contributed by atoms with van der Waals surface area (Å²) in [5.41, 5.74) is 1.18. The number of hydrogen-bond acceptors (Lipinski definition) is 3. The Hall–Kier alpha value is -3.02. The minimum atomic E-state index is -0.584. The summed E-state index contributed by atoms with van der Waals surface area (Å²) < 4.78 is 5.33. The molecule has 6 heteroatoms. The van der Waals surface area contributed by atoms with Gasteiger partial charge in [-0.3, -0.25) is 0 Å². The van der Waals surface area contributed by atoms with Gasteiger partial charge in [0.05, 0.1) is 6.04 Å². The molecule has 0 aliphatic rings. The topological polar surface area (TPSA) is 79.5 Å². The summed E-state index contributed by atoms with van der Waals surface area (Å²) in [6.07, 6.45) is 0.0693. The van der Waals surface area contributed by atoms with Crippen LogP contribution in [-0.4, -0.2) is 30.3 Å². The van der Waals surface area contributed by atoms with E-state index in [9.17, 15) is 9.59 Å². The van der Waals surface area contributed by atoms with Crippen LogP contribution in [0.5, 0.6) is 0 Å². The summed E-state index contributed by atoms with van der Waals surface area (Å²) in [5.74, 6) is 0. The molecule has 0 aliphatic carbocycles. The van der Waals surface area contributed by atoms with Crippen LogP contribution in [0.2, 0.25) is 0 Å². The zero-order valence-electron chi connectivity index (χ0n) is 16.0. The Kier molecular flexibility index (Phi) is 7.23. The molecule has 2 aromatic rings. The van der Waals surface area contributed by atoms with E-state index in [0.717, 1.165) is 5.56 Å². The lowest BCUT2D eigenvalue weighted by Crippen LogP contribution is -2.47. The lowest BCUT2D eigenvalue weighted by Gasteiger charge is -2.24. The fraction of sp³-hybridized carbons (Fsp3) is 0.333. The molecule has 2 rings (SSSR count). The second kappa shape index (κ2) is 9.62. The van der Waals surface area contributed by atoms with Crippen LogP contribution in [0, 0.1) is 0 Å². The van der Waals surface area contributed by atoms with Crippen LogP contribution in [0.3, 0.4) is 0 Å². The quantitative estimate of drug-likeness (QED) is 0.721. The number of anilines is 1. The maximum Gasteiger partial charge on any atom is 0.407 e. The van der Waals surface area contributed by atoms with Gasteiger partial charge in [0, 0.05) is 12.2 Å². The number of para-hydroxylation sites is 1. The van der Waals surface area contributed by atoms with Crippen molar-refractivity contribution in [2.24, 2.45) is 0 Å². The van der Waals surface area contributed by atoms with E-state index in [4.69, 9.17) is 4.74 Å². The second-order valence-corrected chi connectivity index (χ2v) is 7.23. The molecule has 144 valence electrons. The van der Waals surface area contributed by atoms with E-state index in [0.29, 0.717) is 12.1 Å². The third-order valence-corrected chi connectivity index (χ3v) is 3.59. The number of amides is 3. The Morgan fingerprint density at radius 2 is 1.56 bits per heavy atom. The molecule has 0 saturated carbocycles. The molecule has 0 spiro atoms. The van der Waals surface area contributed by atoms with Crippen molar-refractivity contribution < 1.29 is 14.3 Å². The first-order valence-corrected chi connectivity index (χ1v) is 8.95. The van der Waals surface area contributed by atoms with E-state index in [-0.39, 0.29) is 18.6 Å². The molecule has 3 amide bonds.